The van der Waals surface area contributed by atoms with Gasteiger partial charge in [0.1, 0.15) is 11.6 Å². The molecule has 27 heavy (non-hydrogen) atoms. The predicted molar refractivity (Wildman–Crippen MR) is 103 cm³/mol. The summed E-state index contributed by atoms with van der Waals surface area (Å²) < 4.78 is 16.6. The van der Waals surface area contributed by atoms with E-state index in [0.29, 0.717) is 12.1 Å². The fourth-order valence-electron chi connectivity index (χ4n) is 4.45. The van der Waals surface area contributed by atoms with Gasteiger partial charge in [-0.25, -0.2) is 9.37 Å². The van der Waals surface area contributed by atoms with Gasteiger partial charge in [0.2, 0.25) is 5.91 Å². The van der Waals surface area contributed by atoms with Crippen LogP contribution in [0.15, 0.2) is 36.7 Å². The molecule has 2 heterocycles. The minimum absolute atomic E-state index is 0.101. The average molecular weight is 369 g/mol. The van der Waals surface area contributed by atoms with Crippen LogP contribution in [0, 0.1) is 5.82 Å². The fraction of sp³-hybridized carbons (Fsp3) is 0.545. The van der Waals surface area contributed by atoms with E-state index >= 15 is 0 Å². The summed E-state index contributed by atoms with van der Waals surface area (Å²) in [7, 11) is 0. The normalized spacial score (nSPS) is 21.3. The SMILES string of the molecule is CCCCn1ccnc1C1CCCN(C(=O)C2(c3ccccc3F)CC2)C1. The van der Waals surface area contributed by atoms with Crippen LogP contribution in [0.2, 0.25) is 0 Å². The smallest absolute Gasteiger partial charge is 0.233 e. The number of carbonyl (C=O) groups is 1. The van der Waals surface area contributed by atoms with Crippen molar-refractivity contribution >= 4 is 5.91 Å². The highest BCUT2D eigenvalue weighted by atomic mass is 19.1. The summed E-state index contributed by atoms with van der Waals surface area (Å²) in [4.78, 5) is 19.9. The third kappa shape index (κ3) is 3.40. The molecule has 0 spiro atoms. The second-order valence-corrected chi connectivity index (χ2v) is 7.98. The number of halogens is 1. The Morgan fingerprint density at radius 2 is 2.15 bits per heavy atom. The number of piperidine rings is 1. The number of imidazole rings is 1. The maximum atomic E-state index is 14.3. The van der Waals surface area contributed by atoms with E-state index in [4.69, 9.17) is 0 Å². The molecule has 1 unspecified atom stereocenters. The molecule has 2 fully saturated rings. The first-order valence-corrected chi connectivity index (χ1v) is 10.2. The van der Waals surface area contributed by atoms with Gasteiger partial charge in [0.15, 0.2) is 0 Å². The van der Waals surface area contributed by atoms with Crippen LogP contribution in [-0.2, 0) is 16.8 Å². The van der Waals surface area contributed by atoms with Gasteiger partial charge in [-0.1, -0.05) is 31.5 Å². The number of aromatic nitrogens is 2. The van der Waals surface area contributed by atoms with Gasteiger partial charge in [-0.15, -0.1) is 0 Å². The van der Waals surface area contributed by atoms with Crippen LogP contribution in [0.25, 0.3) is 0 Å². The van der Waals surface area contributed by atoms with Crippen molar-refractivity contribution in [3.8, 4) is 0 Å². The van der Waals surface area contributed by atoms with Gasteiger partial charge in [0.25, 0.3) is 0 Å². The van der Waals surface area contributed by atoms with Crippen LogP contribution in [0.1, 0.15) is 62.8 Å². The molecule has 2 aliphatic rings. The van der Waals surface area contributed by atoms with E-state index in [1.165, 1.54) is 6.07 Å². The number of rotatable bonds is 6. The molecule has 144 valence electrons. The Labute approximate surface area is 160 Å². The molecule has 0 bridgehead atoms. The summed E-state index contributed by atoms with van der Waals surface area (Å²) in [6.07, 6.45) is 9.73. The zero-order chi connectivity index (χ0) is 18.9. The molecule has 0 radical (unpaired) electrons. The first-order valence-electron chi connectivity index (χ1n) is 10.2. The highest BCUT2D eigenvalue weighted by Crippen LogP contribution is 2.51. The molecule has 1 aromatic heterocycles. The van der Waals surface area contributed by atoms with Crippen LogP contribution < -0.4 is 0 Å². The molecule has 2 aromatic rings. The van der Waals surface area contributed by atoms with Gasteiger partial charge in [-0.3, -0.25) is 4.79 Å². The van der Waals surface area contributed by atoms with Crippen LogP contribution in [0.3, 0.4) is 0 Å². The zero-order valence-electron chi connectivity index (χ0n) is 16.0. The van der Waals surface area contributed by atoms with E-state index in [1.807, 2.05) is 23.4 Å². The quantitative estimate of drug-likeness (QED) is 0.763. The standard InChI is InChI=1S/C22H28FN3O/c1-2-3-13-25-15-12-24-20(25)17-7-6-14-26(16-17)21(27)22(10-11-22)18-8-4-5-9-19(18)23/h4-5,8-9,12,15,17H,2-3,6-7,10-11,13-14,16H2,1H3. The lowest BCUT2D eigenvalue weighted by Gasteiger charge is -2.35. The topological polar surface area (TPSA) is 38.1 Å². The summed E-state index contributed by atoms with van der Waals surface area (Å²) in [5, 5.41) is 0. The number of nitrogens with zero attached hydrogens (tertiary/aromatic N) is 3. The number of unbranched alkanes of at least 4 members (excludes halogenated alkanes) is 1. The molecule has 1 aromatic carbocycles. The molecule has 1 saturated carbocycles. The largest absolute Gasteiger partial charge is 0.341 e. The third-order valence-electron chi connectivity index (χ3n) is 6.12. The van der Waals surface area contributed by atoms with Gasteiger partial charge >= 0.3 is 0 Å². The van der Waals surface area contributed by atoms with Crippen LogP contribution in [-0.4, -0.2) is 33.4 Å². The lowest BCUT2D eigenvalue weighted by molar-refractivity contribution is -0.135. The lowest BCUT2D eigenvalue weighted by atomic mass is 9.90. The Bertz CT molecular complexity index is 811. The second kappa shape index (κ2) is 7.45. The number of benzene rings is 1. The molecule has 4 rings (SSSR count). The molecular formula is C22H28FN3O. The third-order valence-corrected chi connectivity index (χ3v) is 6.12. The van der Waals surface area contributed by atoms with Crippen molar-refractivity contribution in [3.05, 3.63) is 53.9 Å². The number of hydrogen-bond donors (Lipinski definition) is 0. The first-order chi connectivity index (χ1) is 13.2. The average Bonchev–Trinajstić information content (AvgIpc) is 3.36. The van der Waals surface area contributed by atoms with E-state index < -0.39 is 5.41 Å². The van der Waals surface area contributed by atoms with Crippen molar-refractivity contribution in [1.82, 2.24) is 14.5 Å². The molecule has 1 amide bonds. The summed E-state index contributed by atoms with van der Waals surface area (Å²) >= 11 is 0. The second-order valence-electron chi connectivity index (χ2n) is 7.98. The number of hydrogen-bond acceptors (Lipinski definition) is 2. The molecule has 4 nitrogen and oxygen atoms in total. The maximum Gasteiger partial charge on any atom is 0.233 e. The molecule has 0 N–H and O–H groups in total. The molecule has 1 saturated heterocycles. The van der Waals surface area contributed by atoms with E-state index in [-0.39, 0.29) is 17.6 Å². The van der Waals surface area contributed by atoms with Gasteiger partial charge in [0, 0.05) is 43.5 Å². The zero-order valence-corrected chi connectivity index (χ0v) is 16.0. The maximum absolute atomic E-state index is 14.3. The summed E-state index contributed by atoms with van der Waals surface area (Å²) in [5.74, 6) is 1.21. The van der Waals surface area contributed by atoms with Crippen LogP contribution >= 0.6 is 0 Å². The summed E-state index contributed by atoms with van der Waals surface area (Å²) in [5.41, 5.74) is -0.0632. The van der Waals surface area contributed by atoms with E-state index in [2.05, 4.69) is 16.5 Å². The molecule has 1 atom stereocenters. The monoisotopic (exact) mass is 369 g/mol. The van der Waals surface area contributed by atoms with Crippen LogP contribution in [0.5, 0.6) is 0 Å². The van der Waals surface area contributed by atoms with E-state index in [9.17, 15) is 9.18 Å². The Balaban J connectivity index is 1.51. The minimum atomic E-state index is -0.634. The van der Waals surface area contributed by atoms with Gasteiger partial charge in [0.05, 0.1) is 5.41 Å². The molecule has 1 aliphatic heterocycles. The Kier molecular flexibility index (Phi) is 5.02. The Morgan fingerprint density at radius 1 is 1.33 bits per heavy atom. The number of carbonyl (C=O) groups excluding carboxylic acids is 1. The Hall–Kier alpha value is -2.17. The minimum Gasteiger partial charge on any atom is -0.341 e. The van der Waals surface area contributed by atoms with Crippen molar-refractivity contribution in [2.75, 3.05) is 13.1 Å². The number of likely N-dealkylation sites (tertiary alicyclic amines) is 1. The van der Waals surface area contributed by atoms with Gasteiger partial charge < -0.3 is 9.47 Å². The number of aryl methyl sites for hydroxylation is 1. The predicted octanol–water partition coefficient (Wildman–Crippen LogP) is 4.26. The van der Waals surface area contributed by atoms with Gasteiger partial charge in [-0.05, 0) is 38.2 Å². The summed E-state index contributed by atoms with van der Waals surface area (Å²) in [6.45, 7) is 4.63. The highest BCUT2D eigenvalue weighted by Gasteiger charge is 2.54. The Morgan fingerprint density at radius 3 is 2.89 bits per heavy atom. The molecule has 5 heteroatoms. The molecular weight excluding hydrogens is 341 g/mol. The highest BCUT2D eigenvalue weighted by molar-refractivity contribution is 5.91. The first kappa shape index (κ1) is 18.2. The van der Waals surface area contributed by atoms with Crippen molar-refractivity contribution < 1.29 is 9.18 Å². The number of amides is 1. The van der Waals surface area contributed by atoms with Crippen molar-refractivity contribution in [3.63, 3.8) is 0 Å². The van der Waals surface area contributed by atoms with Crippen LogP contribution in [0.4, 0.5) is 4.39 Å². The molecule has 1 aliphatic carbocycles. The van der Waals surface area contributed by atoms with Gasteiger partial charge in [-0.2, -0.15) is 0 Å². The van der Waals surface area contributed by atoms with E-state index in [1.54, 1.807) is 12.1 Å². The van der Waals surface area contributed by atoms with Crippen molar-refractivity contribution in [2.45, 2.75) is 63.3 Å². The fourth-order valence-corrected chi connectivity index (χ4v) is 4.45. The summed E-state index contributed by atoms with van der Waals surface area (Å²) in [6, 6.07) is 6.76. The van der Waals surface area contributed by atoms with E-state index in [0.717, 1.165) is 57.4 Å². The van der Waals surface area contributed by atoms with Crippen molar-refractivity contribution in [1.29, 1.82) is 0 Å². The lowest BCUT2D eigenvalue weighted by Crippen LogP contribution is -2.45. The van der Waals surface area contributed by atoms with Crippen molar-refractivity contribution in [2.24, 2.45) is 0 Å².